The van der Waals surface area contributed by atoms with E-state index < -0.39 is 36.9 Å². The molecule has 0 radical (unpaired) electrons. The van der Waals surface area contributed by atoms with E-state index in [9.17, 15) is 9.59 Å². The molecule has 1 amide bonds. The van der Waals surface area contributed by atoms with Gasteiger partial charge in [-0.2, -0.15) is 0 Å². The third-order valence-electron chi connectivity index (χ3n) is 6.79. The minimum Gasteiger partial charge on any atom is -0.457 e. The normalized spacial score (nSPS) is 26.8. The van der Waals surface area contributed by atoms with Crippen molar-refractivity contribution in [3.05, 3.63) is 71.8 Å². The number of hydrogen-bond donors (Lipinski definition) is 1. The van der Waals surface area contributed by atoms with E-state index in [4.69, 9.17) is 23.7 Å². The SMILES string of the molecule is CCCCCCCC(=O)O[C@H]1[C@H](NC(C)=O)[C@H](OCc2ccccc2)O[C@H]2CO[C@@H](c3ccccc3)O[C@@H]12. The van der Waals surface area contributed by atoms with Gasteiger partial charge in [-0.25, -0.2) is 0 Å². The van der Waals surface area contributed by atoms with Crippen molar-refractivity contribution in [3.8, 4) is 0 Å². The van der Waals surface area contributed by atoms with Crippen LogP contribution in [0.25, 0.3) is 0 Å². The molecule has 0 unspecified atom stereocenters. The molecular formula is C30H39NO7. The molecule has 0 aromatic heterocycles. The number of hydrogen-bond acceptors (Lipinski definition) is 7. The first-order valence-electron chi connectivity index (χ1n) is 13.6. The van der Waals surface area contributed by atoms with Crippen LogP contribution in [0.2, 0.25) is 0 Å². The Kier molecular flexibility index (Phi) is 10.7. The molecule has 0 spiro atoms. The molecule has 38 heavy (non-hydrogen) atoms. The summed E-state index contributed by atoms with van der Waals surface area (Å²) in [6.07, 6.45) is 1.92. The lowest BCUT2D eigenvalue weighted by Crippen LogP contribution is -2.67. The number of esters is 1. The summed E-state index contributed by atoms with van der Waals surface area (Å²) >= 11 is 0. The van der Waals surface area contributed by atoms with E-state index in [1.807, 2.05) is 60.7 Å². The fourth-order valence-corrected chi connectivity index (χ4v) is 4.86. The Balaban J connectivity index is 1.52. The molecule has 0 saturated carbocycles. The third kappa shape index (κ3) is 7.86. The smallest absolute Gasteiger partial charge is 0.306 e. The molecule has 0 aliphatic carbocycles. The van der Waals surface area contributed by atoms with Crippen LogP contribution in [-0.2, 0) is 39.9 Å². The average Bonchev–Trinajstić information content (AvgIpc) is 2.93. The molecule has 6 atom stereocenters. The van der Waals surface area contributed by atoms with Crippen molar-refractivity contribution in [2.24, 2.45) is 0 Å². The minimum absolute atomic E-state index is 0.229. The summed E-state index contributed by atoms with van der Waals surface area (Å²) in [7, 11) is 0. The molecule has 1 N–H and O–H groups in total. The van der Waals surface area contributed by atoms with Crippen LogP contribution in [0.15, 0.2) is 60.7 Å². The minimum atomic E-state index is -0.858. The number of carbonyl (C=O) groups is 2. The molecule has 206 valence electrons. The molecule has 2 fully saturated rings. The van der Waals surface area contributed by atoms with Crippen LogP contribution in [0, 0.1) is 0 Å². The number of carbonyl (C=O) groups excluding carboxylic acids is 2. The Morgan fingerprint density at radius 3 is 2.37 bits per heavy atom. The lowest BCUT2D eigenvalue weighted by Gasteiger charge is -2.48. The molecule has 2 heterocycles. The second-order valence-corrected chi connectivity index (χ2v) is 9.86. The van der Waals surface area contributed by atoms with Crippen LogP contribution < -0.4 is 5.32 Å². The summed E-state index contributed by atoms with van der Waals surface area (Å²) in [6.45, 7) is 4.08. The maximum Gasteiger partial charge on any atom is 0.306 e. The van der Waals surface area contributed by atoms with Gasteiger partial charge in [-0.1, -0.05) is 93.3 Å². The summed E-state index contributed by atoms with van der Waals surface area (Å²) < 4.78 is 30.8. The van der Waals surface area contributed by atoms with Gasteiger partial charge in [0, 0.05) is 18.9 Å². The van der Waals surface area contributed by atoms with Crippen LogP contribution >= 0.6 is 0 Å². The van der Waals surface area contributed by atoms with Gasteiger partial charge in [-0.15, -0.1) is 0 Å². The van der Waals surface area contributed by atoms with E-state index >= 15 is 0 Å². The zero-order valence-corrected chi connectivity index (χ0v) is 22.3. The van der Waals surface area contributed by atoms with Gasteiger partial charge >= 0.3 is 5.97 Å². The van der Waals surface area contributed by atoms with E-state index in [0.717, 1.165) is 43.2 Å². The van der Waals surface area contributed by atoms with Crippen molar-refractivity contribution in [1.82, 2.24) is 5.32 Å². The van der Waals surface area contributed by atoms with Gasteiger partial charge < -0.3 is 29.0 Å². The van der Waals surface area contributed by atoms with Crippen molar-refractivity contribution < 1.29 is 33.3 Å². The molecule has 2 aliphatic rings. The highest BCUT2D eigenvalue weighted by Gasteiger charge is 2.52. The Morgan fingerprint density at radius 1 is 0.947 bits per heavy atom. The van der Waals surface area contributed by atoms with Crippen LogP contribution in [0.4, 0.5) is 0 Å². The van der Waals surface area contributed by atoms with Crippen LogP contribution in [-0.4, -0.2) is 49.1 Å². The van der Waals surface area contributed by atoms with Crippen molar-refractivity contribution in [2.75, 3.05) is 6.61 Å². The van der Waals surface area contributed by atoms with Gasteiger partial charge in [0.05, 0.1) is 13.2 Å². The second-order valence-electron chi connectivity index (χ2n) is 9.86. The quantitative estimate of drug-likeness (QED) is 0.314. The molecule has 2 aromatic rings. The van der Waals surface area contributed by atoms with Crippen LogP contribution in [0.5, 0.6) is 0 Å². The fraction of sp³-hybridized carbons (Fsp3) is 0.533. The molecule has 2 saturated heterocycles. The van der Waals surface area contributed by atoms with E-state index in [2.05, 4.69) is 12.2 Å². The maximum absolute atomic E-state index is 13.0. The molecule has 2 aromatic carbocycles. The topological polar surface area (TPSA) is 92.3 Å². The number of rotatable bonds is 12. The average molecular weight is 526 g/mol. The fourth-order valence-electron chi connectivity index (χ4n) is 4.86. The predicted octanol–water partition coefficient (Wildman–Crippen LogP) is 4.82. The second kappa shape index (κ2) is 14.4. The Morgan fingerprint density at radius 2 is 1.66 bits per heavy atom. The predicted molar refractivity (Wildman–Crippen MR) is 141 cm³/mol. The molecule has 0 bridgehead atoms. The summed E-state index contributed by atoms with van der Waals surface area (Å²) in [4.78, 5) is 25.2. The highest BCUT2D eigenvalue weighted by Crippen LogP contribution is 2.36. The van der Waals surface area contributed by atoms with Gasteiger partial charge in [0.25, 0.3) is 0 Å². The lowest BCUT2D eigenvalue weighted by atomic mass is 9.95. The van der Waals surface area contributed by atoms with Crippen molar-refractivity contribution in [2.45, 2.75) is 95.9 Å². The zero-order valence-electron chi connectivity index (χ0n) is 22.3. The van der Waals surface area contributed by atoms with Crippen LogP contribution in [0.3, 0.4) is 0 Å². The monoisotopic (exact) mass is 525 g/mol. The highest BCUT2D eigenvalue weighted by molar-refractivity contribution is 5.73. The summed E-state index contributed by atoms with van der Waals surface area (Å²) in [5.74, 6) is -0.603. The Labute approximate surface area is 224 Å². The Hall–Kier alpha value is -2.78. The summed E-state index contributed by atoms with van der Waals surface area (Å²) in [6, 6.07) is 18.5. The number of unbranched alkanes of at least 4 members (excludes halogenated alkanes) is 4. The Bertz CT molecular complexity index is 1000. The van der Waals surface area contributed by atoms with E-state index in [0.29, 0.717) is 6.42 Å². The van der Waals surface area contributed by atoms with Gasteiger partial charge in [-0.3, -0.25) is 9.59 Å². The van der Waals surface area contributed by atoms with Gasteiger partial charge in [0.15, 0.2) is 18.7 Å². The number of ether oxygens (including phenoxy) is 5. The van der Waals surface area contributed by atoms with Gasteiger partial charge in [-0.05, 0) is 12.0 Å². The first-order valence-corrected chi connectivity index (χ1v) is 13.6. The number of nitrogens with one attached hydrogen (secondary N) is 1. The molecule has 8 nitrogen and oxygen atoms in total. The summed E-state index contributed by atoms with van der Waals surface area (Å²) in [5, 5.41) is 2.91. The standard InChI is InChI=1S/C30H39NO7/c1-3-4-5-6-13-18-25(33)37-28-26(31-21(2)32)30(34-19-22-14-9-7-10-15-22)36-24-20-35-29(38-27(24)28)23-16-11-8-12-17-23/h7-12,14-17,24,26-30H,3-6,13,18-20H2,1-2H3,(H,31,32)/t24-,26-,27+,28-,29+,30+/m0/s1. The van der Waals surface area contributed by atoms with E-state index in [1.165, 1.54) is 6.92 Å². The largest absolute Gasteiger partial charge is 0.457 e. The first-order chi connectivity index (χ1) is 18.5. The molecule has 8 heteroatoms. The number of amides is 1. The summed E-state index contributed by atoms with van der Waals surface area (Å²) in [5.41, 5.74) is 1.81. The maximum atomic E-state index is 13.0. The van der Waals surface area contributed by atoms with Crippen LogP contribution in [0.1, 0.15) is 69.8 Å². The van der Waals surface area contributed by atoms with E-state index in [-0.39, 0.29) is 25.1 Å². The molecular weight excluding hydrogens is 486 g/mol. The number of benzene rings is 2. The van der Waals surface area contributed by atoms with E-state index in [1.54, 1.807) is 0 Å². The first kappa shape index (κ1) is 28.2. The van der Waals surface area contributed by atoms with Gasteiger partial charge in [0.1, 0.15) is 18.2 Å². The molecule has 4 rings (SSSR count). The van der Waals surface area contributed by atoms with Crippen molar-refractivity contribution >= 4 is 11.9 Å². The van der Waals surface area contributed by atoms with Crippen molar-refractivity contribution in [1.29, 1.82) is 0 Å². The molecule has 2 aliphatic heterocycles. The lowest BCUT2D eigenvalue weighted by molar-refractivity contribution is -0.346. The highest BCUT2D eigenvalue weighted by atomic mass is 16.8. The zero-order chi connectivity index (χ0) is 26.7. The number of fused-ring (bicyclic) bond motifs is 1. The van der Waals surface area contributed by atoms with Crippen molar-refractivity contribution in [3.63, 3.8) is 0 Å². The third-order valence-corrected chi connectivity index (χ3v) is 6.79. The van der Waals surface area contributed by atoms with Gasteiger partial charge in [0.2, 0.25) is 5.91 Å².